The Balaban J connectivity index is 1.38. The van der Waals surface area contributed by atoms with Crippen LogP contribution in [0.3, 0.4) is 0 Å². The van der Waals surface area contributed by atoms with E-state index in [-0.39, 0.29) is 11.7 Å². The SMILES string of the molecule is CC(C)c1cc(N2CCOCC2)nc(SCc2ccc(C(=O)NCc3cccnc3)o2)n1. The predicted octanol–water partition coefficient (Wildman–Crippen LogP) is 3.65. The van der Waals surface area contributed by atoms with Gasteiger partial charge in [0.2, 0.25) is 0 Å². The second-order valence-corrected chi connectivity index (χ2v) is 8.73. The summed E-state index contributed by atoms with van der Waals surface area (Å²) in [5.41, 5.74) is 1.94. The van der Waals surface area contributed by atoms with Crippen molar-refractivity contribution >= 4 is 23.5 Å². The van der Waals surface area contributed by atoms with E-state index in [2.05, 4.69) is 35.1 Å². The topological polar surface area (TPSA) is 93.4 Å². The van der Waals surface area contributed by atoms with Crippen molar-refractivity contribution in [1.82, 2.24) is 20.3 Å². The van der Waals surface area contributed by atoms with Gasteiger partial charge in [-0.05, 0) is 29.7 Å². The molecule has 0 atom stereocenters. The van der Waals surface area contributed by atoms with Gasteiger partial charge >= 0.3 is 0 Å². The third kappa shape index (κ3) is 5.86. The van der Waals surface area contributed by atoms with Gasteiger partial charge < -0.3 is 19.4 Å². The summed E-state index contributed by atoms with van der Waals surface area (Å²) in [6, 6.07) is 9.33. The van der Waals surface area contributed by atoms with Gasteiger partial charge in [0.1, 0.15) is 11.6 Å². The first-order valence-electron chi connectivity index (χ1n) is 10.7. The first-order valence-corrected chi connectivity index (χ1v) is 11.7. The van der Waals surface area contributed by atoms with Crippen molar-refractivity contribution in [2.75, 3.05) is 31.2 Å². The summed E-state index contributed by atoms with van der Waals surface area (Å²) in [6.07, 6.45) is 3.42. The lowest BCUT2D eigenvalue weighted by molar-refractivity contribution is 0.0921. The molecule has 8 nitrogen and oxygen atoms in total. The molecule has 0 bridgehead atoms. The van der Waals surface area contributed by atoms with E-state index in [1.165, 1.54) is 11.8 Å². The number of nitrogens with one attached hydrogen (secondary N) is 1. The molecule has 0 aromatic carbocycles. The maximum atomic E-state index is 12.4. The summed E-state index contributed by atoms with van der Waals surface area (Å²) in [5, 5.41) is 3.55. The number of pyridine rings is 1. The van der Waals surface area contributed by atoms with Crippen LogP contribution in [0.2, 0.25) is 0 Å². The van der Waals surface area contributed by atoms with Crippen LogP contribution >= 0.6 is 11.8 Å². The molecule has 0 spiro atoms. The van der Waals surface area contributed by atoms with Crippen LogP contribution in [-0.4, -0.2) is 47.2 Å². The molecule has 4 heterocycles. The fraction of sp³-hybridized carbons (Fsp3) is 0.391. The zero-order valence-electron chi connectivity index (χ0n) is 18.3. The number of furan rings is 1. The van der Waals surface area contributed by atoms with E-state index < -0.39 is 0 Å². The number of thioether (sulfide) groups is 1. The Bertz CT molecular complexity index is 1040. The lowest BCUT2D eigenvalue weighted by atomic mass is 10.1. The summed E-state index contributed by atoms with van der Waals surface area (Å²) in [6.45, 7) is 7.73. The number of carbonyl (C=O) groups is 1. The number of anilines is 1. The van der Waals surface area contributed by atoms with E-state index in [1.807, 2.05) is 18.2 Å². The standard InChI is InChI=1S/C23H27N5O3S/c1-16(2)19-12-21(28-8-10-30-11-9-28)27-23(26-19)32-15-18-5-6-20(31-18)22(29)25-14-17-4-3-7-24-13-17/h3-7,12-13,16H,8-11,14-15H2,1-2H3,(H,25,29). The van der Waals surface area contributed by atoms with Crippen LogP contribution in [0.15, 0.2) is 52.3 Å². The summed E-state index contributed by atoms with van der Waals surface area (Å²) >= 11 is 1.50. The number of nitrogens with zero attached hydrogens (tertiary/aromatic N) is 4. The van der Waals surface area contributed by atoms with Gasteiger partial charge in [-0.3, -0.25) is 9.78 Å². The maximum Gasteiger partial charge on any atom is 0.287 e. The molecule has 0 unspecified atom stereocenters. The summed E-state index contributed by atoms with van der Waals surface area (Å²) < 4.78 is 11.2. The molecule has 9 heteroatoms. The number of ether oxygens (including phenoxy) is 1. The number of morpholine rings is 1. The van der Waals surface area contributed by atoms with Gasteiger partial charge in [0.25, 0.3) is 5.91 Å². The molecule has 32 heavy (non-hydrogen) atoms. The van der Waals surface area contributed by atoms with Gasteiger partial charge in [0.05, 0.1) is 19.0 Å². The highest BCUT2D eigenvalue weighted by molar-refractivity contribution is 7.98. The van der Waals surface area contributed by atoms with Crippen LogP contribution in [0.25, 0.3) is 0 Å². The molecule has 1 aliphatic heterocycles. The van der Waals surface area contributed by atoms with Gasteiger partial charge in [0.15, 0.2) is 10.9 Å². The third-order valence-corrected chi connectivity index (χ3v) is 5.91. The maximum absolute atomic E-state index is 12.4. The van der Waals surface area contributed by atoms with Crippen molar-refractivity contribution < 1.29 is 13.9 Å². The molecule has 0 radical (unpaired) electrons. The summed E-state index contributed by atoms with van der Waals surface area (Å²) in [5.74, 6) is 2.52. The minimum atomic E-state index is -0.252. The first-order chi connectivity index (χ1) is 15.6. The van der Waals surface area contributed by atoms with Gasteiger partial charge in [-0.15, -0.1) is 0 Å². The second kappa shape index (κ2) is 10.6. The number of hydrogen-bond donors (Lipinski definition) is 1. The van der Waals surface area contributed by atoms with Crippen LogP contribution < -0.4 is 10.2 Å². The van der Waals surface area contributed by atoms with Crippen LogP contribution in [0, 0.1) is 0 Å². The van der Waals surface area contributed by atoms with E-state index in [1.54, 1.807) is 18.5 Å². The Morgan fingerprint density at radius 1 is 1.22 bits per heavy atom. The molecule has 3 aromatic heterocycles. The molecule has 3 aromatic rings. The first kappa shape index (κ1) is 22.3. The van der Waals surface area contributed by atoms with Crippen molar-refractivity contribution in [1.29, 1.82) is 0 Å². The number of aromatic nitrogens is 3. The van der Waals surface area contributed by atoms with Gasteiger partial charge in [-0.1, -0.05) is 31.7 Å². The van der Waals surface area contributed by atoms with Gasteiger partial charge in [-0.25, -0.2) is 9.97 Å². The van der Waals surface area contributed by atoms with E-state index >= 15 is 0 Å². The molecule has 1 aliphatic rings. The van der Waals surface area contributed by atoms with E-state index in [0.29, 0.717) is 42.3 Å². The molecular formula is C23H27N5O3S. The highest BCUT2D eigenvalue weighted by Gasteiger charge is 2.17. The van der Waals surface area contributed by atoms with Crippen molar-refractivity contribution in [3.63, 3.8) is 0 Å². The lowest BCUT2D eigenvalue weighted by Gasteiger charge is -2.28. The smallest absolute Gasteiger partial charge is 0.287 e. The van der Waals surface area contributed by atoms with Crippen LogP contribution in [0.4, 0.5) is 5.82 Å². The van der Waals surface area contributed by atoms with Crippen molar-refractivity contribution in [2.24, 2.45) is 0 Å². The molecular weight excluding hydrogens is 426 g/mol. The predicted molar refractivity (Wildman–Crippen MR) is 123 cm³/mol. The molecule has 0 aliphatic carbocycles. The minimum Gasteiger partial charge on any atom is -0.455 e. The molecule has 1 fully saturated rings. The number of rotatable bonds is 8. The van der Waals surface area contributed by atoms with E-state index in [0.717, 1.165) is 30.2 Å². The Morgan fingerprint density at radius 2 is 2.06 bits per heavy atom. The fourth-order valence-corrected chi connectivity index (χ4v) is 3.98. The van der Waals surface area contributed by atoms with Crippen LogP contribution in [0.1, 0.15) is 47.3 Å². The van der Waals surface area contributed by atoms with E-state index in [4.69, 9.17) is 19.1 Å². The Hall–Kier alpha value is -2.91. The van der Waals surface area contributed by atoms with Crippen LogP contribution in [0.5, 0.6) is 0 Å². The molecule has 1 saturated heterocycles. The van der Waals surface area contributed by atoms with Crippen molar-refractivity contribution in [3.8, 4) is 0 Å². The largest absolute Gasteiger partial charge is 0.455 e. The highest BCUT2D eigenvalue weighted by atomic mass is 32.2. The van der Waals surface area contributed by atoms with Crippen molar-refractivity contribution in [2.45, 2.75) is 37.2 Å². The molecule has 1 amide bonds. The zero-order valence-corrected chi connectivity index (χ0v) is 19.1. The Kier molecular flexibility index (Phi) is 7.39. The Labute approximate surface area is 191 Å². The third-order valence-electron chi connectivity index (χ3n) is 5.04. The average molecular weight is 454 g/mol. The number of hydrogen-bond acceptors (Lipinski definition) is 8. The van der Waals surface area contributed by atoms with Gasteiger partial charge in [-0.2, -0.15) is 0 Å². The molecule has 4 rings (SSSR count). The molecule has 0 saturated carbocycles. The van der Waals surface area contributed by atoms with E-state index in [9.17, 15) is 4.79 Å². The summed E-state index contributed by atoms with van der Waals surface area (Å²) in [4.78, 5) is 28.1. The highest BCUT2D eigenvalue weighted by Crippen LogP contribution is 2.26. The molecule has 1 N–H and O–H groups in total. The fourth-order valence-electron chi connectivity index (χ4n) is 3.23. The number of carbonyl (C=O) groups excluding carboxylic acids is 1. The summed E-state index contributed by atoms with van der Waals surface area (Å²) in [7, 11) is 0. The van der Waals surface area contributed by atoms with Crippen molar-refractivity contribution in [3.05, 3.63) is 65.5 Å². The van der Waals surface area contributed by atoms with Gasteiger partial charge in [0, 0.05) is 43.8 Å². The average Bonchev–Trinajstić information content (AvgIpc) is 3.31. The number of amides is 1. The zero-order chi connectivity index (χ0) is 22.3. The minimum absolute atomic E-state index is 0.252. The quantitative estimate of drug-likeness (QED) is 0.408. The Morgan fingerprint density at radius 3 is 2.81 bits per heavy atom. The monoisotopic (exact) mass is 453 g/mol. The second-order valence-electron chi connectivity index (χ2n) is 7.79. The van der Waals surface area contributed by atoms with Crippen LogP contribution in [-0.2, 0) is 17.0 Å². The normalized spacial score (nSPS) is 14.0. The molecule has 168 valence electrons. The lowest BCUT2D eigenvalue weighted by Crippen LogP contribution is -2.37.